The van der Waals surface area contributed by atoms with Gasteiger partial charge >= 0.3 is 0 Å². The van der Waals surface area contributed by atoms with Crippen molar-refractivity contribution in [2.75, 3.05) is 42.6 Å². The van der Waals surface area contributed by atoms with Crippen LogP contribution >= 0.6 is 23.2 Å². The number of aldehydes is 1. The average molecular weight is 872 g/mol. The minimum absolute atomic E-state index is 0.0156. The molecule has 8 rings (SSSR count). The van der Waals surface area contributed by atoms with Gasteiger partial charge in [-0.05, 0) is 92.1 Å². The van der Waals surface area contributed by atoms with Crippen LogP contribution in [-0.4, -0.2) is 77.9 Å². The molecule has 318 valence electrons. The number of carbonyl (C=O) groups excluding carboxylic acids is 3. The van der Waals surface area contributed by atoms with E-state index in [1.54, 1.807) is 36.7 Å². The molecular weight excluding hydrogens is 823 g/mol. The number of nitrogens with zero attached hydrogens (tertiary/aromatic N) is 4. The molecule has 1 N–H and O–H groups in total. The van der Waals surface area contributed by atoms with Crippen LogP contribution < -0.4 is 19.3 Å². The fourth-order valence-corrected chi connectivity index (χ4v) is 8.04. The van der Waals surface area contributed by atoms with E-state index in [9.17, 15) is 19.5 Å². The summed E-state index contributed by atoms with van der Waals surface area (Å²) in [5, 5.41) is 10.6. The van der Waals surface area contributed by atoms with Crippen molar-refractivity contribution >= 4 is 52.4 Å². The second-order valence-corrected chi connectivity index (χ2v) is 16.3. The Hall–Kier alpha value is -6.07. The number of ketones is 2. The van der Waals surface area contributed by atoms with Gasteiger partial charge in [0.25, 0.3) is 0 Å². The summed E-state index contributed by atoms with van der Waals surface area (Å²) in [6.07, 6.45) is 6.51. The lowest BCUT2D eigenvalue weighted by Crippen LogP contribution is -2.26. The van der Waals surface area contributed by atoms with Crippen LogP contribution in [0.3, 0.4) is 0 Å². The van der Waals surface area contributed by atoms with Gasteiger partial charge in [0, 0.05) is 85.0 Å². The van der Waals surface area contributed by atoms with E-state index in [2.05, 4.69) is 19.8 Å². The average Bonchev–Trinajstić information content (AvgIpc) is 3.96. The van der Waals surface area contributed by atoms with Crippen LogP contribution in [0, 0.1) is 13.8 Å². The first-order chi connectivity index (χ1) is 30.1. The molecule has 4 heterocycles. The third-order valence-electron chi connectivity index (χ3n) is 11.0. The SMILES string of the molecule is Cc1ccc(C(=O)c2ccc(N3CC[C@H](Oc4ncccc4Cl)C3)c(CC=O)c2)cc1.Cc1ccc(C(=O)c2ccc(N3CC[C@H](Oc4ncccc4Cl)C3)c(CCO)c2)cc1. The van der Waals surface area contributed by atoms with Gasteiger partial charge in [-0.2, -0.15) is 0 Å². The first-order valence-corrected chi connectivity index (χ1v) is 21.4. The predicted molar refractivity (Wildman–Crippen MR) is 244 cm³/mol. The molecule has 0 spiro atoms. The van der Waals surface area contributed by atoms with Crippen LogP contribution in [0.4, 0.5) is 11.4 Å². The van der Waals surface area contributed by atoms with Gasteiger partial charge in [-0.3, -0.25) is 9.59 Å². The molecule has 0 radical (unpaired) electrons. The molecule has 2 aliphatic rings. The van der Waals surface area contributed by atoms with E-state index in [0.29, 0.717) is 63.6 Å². The summed E-state index contributed by atoms with van der Waals surface area (Å²) < 4.78 is 12.0. The lowest BCUT2D eigenvalue weighted by atomic mass is 9.98. The van der Waals surface area contributed by atoms with E-state index in [1.807, 2.05) is 98.8 Å². The van der Waals surface area contributed by atoms with Gasteiger partial charge in [0.05, 0.1) is 13.1 Å². The topological polar surface area (TPSA) is 122 Å². The molecule has 2 atom stereocenters. The van der Waals surface area contributed by atoms with E-state index >= 15 is 0 Å². The van der Waals surface area contributed by atoms with Crippen molar-refractivity contribution in [1.29, 1.82) is 0 Å². The summed E-state index contributed by atoms with van der Waals surface area (Å²) in [4.78, 5) is 49.9. The Morgan fingerprint density at radius 2 is 1.10 bits per heavy atom. The van der Waals surface area contributed by atoms with E-state index in [-0.39, 0.29) is 36.8 Å². The summed E-state index contributed by atoms with van der Waals surface area (Å²) in [7, 11) is 0. The Kier molecular flexibility index (Phi) is 14.7. The van der Waals surface area contributed by atoms with Gasteiger partial charge in [-0.1, -0.05) is 82.9 Å². The molecule has 12 heteroatoms. The van der Waals surface area contributed by atoms with Crippen LogP contribution in [-0.2, 0) is 17.6 Å². The van der Waals surface area contributed by atoms with Crippen molar-refractivity contribution in [3.05, 3.63) is 176 Å². The highest BCUT2D eigenvalue weighted by Gasteiger charge is 2.29. The maximum absolute atomic E-state index is 12.9. The second kappa shape index (κ2) is 20.7. The van der Waals surface area contributed by atoms with Crippen molar-refractivity contribution in [1.82, 2.24) is 9.97 Å². The molecule has 0 amide bonds. The van der Waals surface area contributed by atoms with E-state index in [1.165, 1.54) is 0 Å². The zero-order valence-corrected chi connectivity index (χ0v) is 36.2. The largest absolute Gasteiger partial charge is 0.471 e. The van der Waals surface area contributed by atoms with Gasteiger partial charge in [-0.25, -0.2) is 9.97 Å². The number of pyridine rings is 2. The smallest absolute Gasteiger partial charge is 0.232 e. The van der Waals surface area contributed by atoms with E-state index in [0.717, 1.165) is 65.8 Å². The number of aryl methyl sites for hydroxylation is 2. The van der Waals surface area contributed by atoms with Gasteiger partial charge < -0.3 is 29.2 Å². The van der Waals surface area contributed by atoms with Crippen LogP contribution in [0.1, 0.15) is 66.9 Å². The number of anilines is 2. The highest BCUT2D eigenvalue weighted by Crippen LogP contribution is 2.32. The van der Waals surface area contributed by atoms with Crippen LogP contribution in [0.25, 0.3) is 0 Å². The standard InChI is InChI=1S/C25H25ClN2O3.C25H23ClN2O3/c2*1-17-4-6-18(7-5-17)24(30)20-8-9-23(19(15-20)11-14-29)28-13-10-21(16-28)31-25-22(26)3-2-12-27-25/h2-9,12,15,21,29H,10-11,13-14,16H2,1H3;2-9,12,14-15,21H,10-11,13,16H2,1H3/t2*21-/m00/s1. The molecule has 2 fully saturated rings. The third-order valence-corrected chi connectivity index (χ3v) is 11.5. The Balaban J connectivity index is 0.000000186. The lowest BCUT2D eigenvalue weighted by molar-refractivity contribution is -0.107. The number of aromatic nitrogens is 2. The number of aliphatic hydroxyl groups excluding tert-OH is 1. The molecule has 2 aliphatic heterocycles. The zero-order valence-electron chi connectivity index (χ0n) is 34.7. The number of halogens is 2. The maximum Gasteiger partial charge on any atom is 0.232 e. The monoisotopic (exact) mass is 870 g/mol. The highest BCUT2D eigenvalue weighted by molar-refractivity contribution is 6.32. The first-order valence-electron chi connectivity index (χ1n) is 20.7. The molecule has 0 bridgehead atoms. The predicted octanol–water partition coefficient (Wildman–Crippen LogP) is 9.14. The Morgan fingerprint density at radius 1 is 0.661 bits per heavy atom. The Bertz CT molecular complexity index is 2520. The van der Waals surface area contributed by atoms with Crippen molar-refractivity contribution in [2.45, 2.75) is 51.7 Å². The quantitative estimate of drug-likeness (QED) is 0.0838. The molecule has 4 aromatic carbocycles. The van der Waals surface area contributed by atoms with Crippen LogP contribution in [0.15, 0.2) is 122 Å². The summed E-state index contributed by atoms with van der Waals surface area (Å²) in [6, 6.07) is 33.5. The number of rotatable bonds is 14. The number of hydrogen-bond acceptors (Lipinski definition) is 10. The number of benzene rings is 4. The maximum atomic E-state index is 12.9. The van der Waals surface area contributed by atoms with Crippen molar-refractivity contribution in [3.63, 3.8) is 0 Å². The normalized spacial score (nSPS) is 15.8. The fourth-order valence-electron chi connectivity index (χ4n) is 7.71. The zero-order chi connectivity index (χ0) is 43.6. The fraction of sp³-hybridized carbons (Fsp3) is 0.260. The molecular formula is C50H48Cl2N4O6. The van der Waals surface area contributed by atoms with Gasteiger partial charge in [-0.15, -0.1) is 0 Å². The van der Waals surface area contributed by atoms with Crippen molar-refractivity contribution < 1.29 is 29.0 Å². The molecule has 2 saturated heterocycles. The minimum Gasteiger partial charge on any atom is -0.471 e. The molecule has 2 aromatic heterocycles. The van der Waals surface area contributed by atoms with E-state index in [4.69, 9.17) is 32.7 Å². The molecule has 6 aromatic rings. The Labute approximate surface area is 372 Å². The molecule has 62 heavy (non-hydrogen) atoms. The summed E-state index contributed by atoms with van der Waals surface area (Å²) in [5.74, 6) is 0.818. The Morgan fingerprint density at radius 3 is 1.53 bits per heavy atom. The van der Waals surface area contributed by atoms with E-state index < -0.39 is 0 Å². The highest BCUT2D eigenvalue weighted by atomic mass is 35.5. The van der Waals surface area contributed by atoms with Crippen LogP contribution in [0.2, 0.25) is 10.0 Å². The first kappa shape index (κ1) is 44.0. The van der Waals surface area contributed by atoms with Crippen LogP contribution in [0.5, 0.6) is 11.8 Å². The molecule has 10 nitrogen and oxygen atoms in total. The molecule has 0 unspecified atom stereocenters. The van der Waals surface area contributed by atoms with Crippen molar-refractivity contribution in [3.8, 4) is 11.8 Å². The lowest BCUT2D eigenvalue weighted by Gasteiger charge is -2.23. The number of hydrogen-bond donors (Lipinski definition) is 1. The van der Waals surface area contributed by atoms with Crippen molar-refractivity contribution in [2.24, 2.45) is 0 Å². The summed E-state index contributed by atoms with van der Waals surface area (Å²) in [6.45, 7) is 6.95. The number of carbonyl (C=O) groups is 3. The summed E-state index contributed by atoms with van der Waals surface area (Å²) >= 11 is 12.3. The number of ether oxygens (including phenoxy) is 2. The minimum atomic E-state index is -0.0506. The van der Waals surface area contributed by atoms with Gasteiger partial charge in [0.2, 0.25) is 11.8 Å². The summed E-state index contributed by atoms with van der Waals surface area (Å²) in [5.41, 5.74) is 8.49. The number of aliphatic hydroxyl groups is 1. The second-order valence-electron chi connectivity index (χ2n) is 15.5. The van der Waals surface area contributed by atoms with Gasteiger partial charge in [0.1, 0.15) is 28.5 Å². The molecule has 0 aliphatic carbocycles. The third kappa shape index (κ3) is 10.9. The van der Waals surface area contributed by atoms with Gasteiger partial charge in [0.15, 0.2) is 11.6 Å². The molecule has 0 saturated carbocycles.